The fraction of sp³-hybridized carbons (Fsp3) is 0.545. The van der Waals surface area contributed by atoms with Gasteiger partial charge in [-0.3, -0.25) is 29.7 Å². The molecule has 474 valence electrons. The molecule has 0 bridgehead atoms. The SMILES string of the molecule is CCC(=O)NC.CCOC(=O)NC.CCSC(=NC)NC#N.CN/C(N)=N/[N+](=O)[O-].CNC(=O)C1CC1.CNC(=O)OC.CNC(C)=O.CNS(C)(=O)=O.COc1ccon1.COc1ccsn1.COc1cnccn1.COc1cnsn1. The van der Waals surface area contributed by atoms with Crippen molar-refractivity contribution in [1.29, 1.82) is 5.26 Å². The van der Waals surface area contributed by atoms with Gasteiger partial charge in [0.15, 0.2) is 16.4 Å². The maximum atomic E-state index is 10.5. The highest BCUT2D eigenvalue weighted by Gasteiger charge is 2.28. The number of amidine groups is 1. The third-order valence-electron chi connectivity index (χ3n) is 7.02. The number of sulfonamides is 1. The molecule has 83 heavy (non-hydrogen) atoms. The number of carbonyl (C=O) groups excluding carboxylic acids is 5. The van der Waals surface area contributed by atoms with Gasteiger partial charge >= 0.3 is 12.2 Å². The lowest BCUT2D eigenvalue weighted by Crippen LogP contribution is -2.28. The van der Waals surface area contributed by atoms with Crippen molar-refractivity contribution in [3.8, 4) is 29.7 Å². The summed E-state index contributed by atoms with van der Waals surface area (Å²) in [7, 11) is 17.1. The van der Waals surface area contributed by atoms with Crippen molar-refractivity contribution in [3.63, 3.8) is 0 Å². The van der Waals surface area contributed by atoms with Crippen LogP contribution in [0.2, 0.25) is 0 Å². The number of nitriles is 1. The van der Waals surface area contributed by atoms with Crippen LogP contribution in [0.25, 0.3) is 0 Å². The van der Waals surface area contributed by atoms with Gasteiger partial charge in [0, 0.05) is 98.5 Å². The molecule has 4 aromatic heterocycles. The van der Waals surface area contributed by atoms with Gasteiger partial charge in [0.25, 0.3) is 11.8 Å². The van der Waals surface area contributed by atoms with Crippen LogP contribution in [0.15, 0.2) is 63.2 Å². The van der Waals surface area contributed by atoms with E-state index >= 15 is 0 Å². The van der Waals surface area contributed by atoms with Crippen LogP contribution in [0.4, 0.5) is 9.59 Å². The van der Waals surface area contributed by atoms with Crippen molar-refractivity contribution in [3.05, 3.63) is 58.7 Å². The number of amides is 5. The van der Waals surface area contributed by atoms with Crippen molar-refractivity contribution >= 4 is 86.1 Å². The number of thioether (sulfide) groups is 1. The van der Waals surface area contributed by atoms with Gasteiger partial charge in [0.1, 0.15) is 17.6 Å². The molecule has 0 radical (unpaired) electrons. The summed E-state index contributed by atoms with van der Waals surface area (Å²) in [5.74, 6) is 3.75. The Morgan fingerprint density at radius 2 is 1.41 bits per heavy atom. The minimum absolute atomic E-state index is 0.00463. The standard InChI is InChI=1S/C5H9N3S.C5H6N2O.C5H9NO.C4H5NO2.C4H9NO2.C4H5NOS.C4H9NO.C3H4N2OS.C3H7NO2.C3H7NO.C2H6N4O2.C2H7NO2S/c1-3-9-5(7-2)8-4-6;1-8-5-4-6-2-3-7-5;1-6-5(7)4-2-3-4;1-6-4-2-3-7-5-4;1-3-7-4(6)5-2;1-6-4-2-3-7-5-4;1-3-4(6)5-2;1-6-3-2-4-7-5-3;1-4-3(5)6-2;1-3(5)4-2;1-4-2(3)5-6(7)8;1-3-6(2,4)5/h3H2,1-2H3,(H,7,8);2-4H,1H3;4H,2-3H2,1H3,(H,6,7);2-3H,1H3;3H2,1-2H3,(H,5,6);2-3H,1H3;3H2,1-2H3,(H,5,6);2H,1H3;1-2H3,(H,4,5);1-2H3,(H,4,5);1H3,(H3,3,4,5);3H,1-2H3. The van der Waals surface area contributed by atoms with Crippen LogP contribution in [0.1, 0.15) is 47.0 Å². The lowest BCUT2D eigenvalue weighted by atomic mass is 10.4. The zero-order valence-corrected chi connectivity index (χ0v) is 53.2. The Kier molecular flexibility index (Phi) is 70.3. The number of hydrazone groups is 1. The van der Waals surface area contributed by atoms with Crippen LogP contribution in [0.5, 0.6) is 23.5 Å². The van der Waals surface area contributed by atoms with Crippen LogP contribution < -0.4 is 66.6 Å². The predicted octanol–water partition coefficient (Wildman–Crippen LogP) is 1.91. The molecule has 0 atom stereocenters. The second kappa shape index (κ2) is 66.0. The Balaban J connectivity index is -0.000000152. The Morgan fingerprint density at radius 1 is 0.843 bits per heavy atom. The Hall–Kier alpha value is -8.48. The van der Waals surface area contributed by atoms with E-state index in [1.165, 1.54) is 78.9 Å². The number of guanidine groups is 1. The molecule has 0 unspecified atom stereocenters. The number of ether oxygens (including phenoxy) is 6. The Labute approximate surface area is 497 Å². The molecule has 1 saturated carbocycles. The Bertz CT molecular complexity index is 2240. The summed E-state index contributed by atoms with van der Waals surface area (Å²) in [5.41, 5.74) is 4.87. The summed E-state index contributed by atoms with van der Waals surface area (Å²) >= 11 is 4.05. The van der Waals surface area contributed by atoms with Gasteiger partial charge in [-0.25, -0.2) is 37.8 Å². The number of aromatic nitrogens is 6. The maximum Gasteiger partial charge on any atom is 0.406 e. The highest BCUT2D eigenvalue weighted by atomic mass is 32.2. The minimum atomic E-state index is -2.91. The number of hydrogen-bond donors (Lipinski definition) is 9. The van der Waals surface area contributed by atoms with E-state index in [2.05, 4.69) is 99.0 Å². The van der Waals surface area contributed by atoms with Crippen LogP contribution >= 0.6 is 35.0 Å². The first-order valence-electron chi connectivity index (χ1n) is 23.3. The van der Waals surface area contributed by atoms with Gasteiger partial charge in [-0.1, -0.05) is 25.6 Å². The molecule has 0 aliphatic heterocycles. The zero-order valence-electron chi connectivity index (χ0n) is 49.9. The average molecular weight is 1260 g/mol. The summed E-state index contributed by atoms with van der Waals surface area (Å²) in [5, 5.41) is 42.2. The predicted molar refractivity (Wildman–Crippen MR) is 317 cm³/mol. The highest BCUT2D eigenvalue weighted by Crippen LogP contribution is 2.28. The molecular weight excluding hydrogens is 1180 g/mol. The third-order valence-corrected chi connectivity index (χ3v) is 9.62. The lowest BCUT2D eigenvalue weighted by Gasteiger charge is -1.96. The van der Waals surface area contributed by atoms with Gasteiger partial charge in [-0.15, -0.1) is 4.37 Å². The number of rotatable bonds is 10. The number of aliphatic imine (C=N–C) groups is 1. The normalized spacial score (nSPS) is 9.80. The monoisotopic (exact) mass is 1260 g/mol. The molecule has 0 aromatic carbocycles. The number of nitrogens with one attached hydrogen (secondary N) is 8. The molecule has 1 aliphatic carbocycles. The summed E-state index contributed by atoms with van der Waals surface area (Å²) in [6.07, 6.45) is 12.7. The fourth-order valence-electron chi connectivity index (χ4n) is 2.76. The van der Waals surface area contributed by atoms with E-state index in [1.54, 1.807) is 93.5 Å². The zero-order chi connectivity index (χ0) is 65.3. The molecule has 5 rings (SSSR count). The van der Waals surface area contributed by atoms with Crippen molar-refractivity contribution in [2.24, 2.45) is 21.7 Å². The number of alkyl carbamates (subject to hydrolysis) is 2. The van der Waals surface area contributed by atoms with Crippen LogP contribution in [0.3, 0.4) is 0 Å². The van der Waals surface area contributed by atoms with Gasteiger partial charge < -0.3 is 70.6 Å². The molecule has 4 aromatic rings. The first-order valence-corrected chi connectivity index (χ1v) is 27.8. The smallest absolute Gasteiger partial charge is 0.406 e. The van der Waals surface area contributed by atoms with Crippen molar-refractivity contribution in [2.45, 2.75) is 47.0 Å². The van der Waals surface area contributed by atoms with Crippen LogP contribution in [0, 0.1) is 27.5 Å². The van der Waals surface area contributed by atoms with Crippen molar-refractivity contribution in [1.82, 2.24) is 70.2 Å². The lowest BCUT2D eigenvalue weighted by molar-refractivity contribution is -0.485. The highest BCUT2D eigenvalue weighted by molar-refractivity contribution is 8.13. The summed E-state index contributed by atoms with van der Waals surface area (Å²) in [4.78, 5) is 71.0. The quantitative estimate of drug-likeness (QED) is 0.0273. The first-order chi connectivity index (χ1) is 39.3. The van der Waals surface area contributed by atoms with E-state index in [1.807, 2.05) is 25.3 Å². The first kappa shape index (κ1) is 88.4. The van der Waals surface area contributed by atoms with Gasteiger partial charge in [-0.2, -0.15) is 14.0 Å². The minimum Gasteiger partial charge on any atom is -0.480 e. The summed E-state index contributed by atoms with van der Waals surface area (Å²) < 4.78 is 65.0. The van der Waals surface area contributed by atoms with Gasteiger partial charge in [0.2, 0.25) is 45.4 Å². The van der Waals surface area contributed by atoms with E-state index in [9.17, 15) is 42.5 Å². The topological polar surface area (TPSA) is 479 Å². The number of hydrogen-bond acceptors (Lipinski definition) is 27. The molecule has 5 amide bonds. The molecule has 4 heterocycles. The Morgan fingerprint density at radius 3 is 1.59 bits per heavy atom. The van der Waals surface area contributed by atoms with E-state index < -0.39 is 21.1 Å². The summed E-state index contributed by atoms with van der Waals surface area (Å²) in [6, 6.07) is 3.46. The van der Waals surface area contributed by atoms with Crippen LogP contribution in [-0.2, 0) is 33.9 Å². The second-order valence-electron chi connectivity index (χ2n) is 12.9. The van der Waals surface area contributed by atoms with Crippen molar-refractivity contribution < 1.29 is 70.4 Å². The van der Waals surface area contributed by atoms with E-state index in [0.29, 0.717) is 47.6 Å². The van der Waals surface area contributed by atoms with Crippen molar-refractivity contribution in [2.75, 3.05) is 111 Å². The second-order valence-corrected chi connectivity index (χ2v) is 17.3. The number of carbonyl (C=O) groups is 5. The van der Waals surface area contributed by atoms with Crippen LogP contribution in [-0.4, -0.2) is 193 Å². The molecular formula is C44H83N19O16S4. The third kappa shape index (κ3) is 77.8. The number of nitro groups is 1. The molecule has 39 heteroatoms. The van der Waals surface area contributed by atoms with E-state index in [0.717, 1.165) is 36.6 Å². The number of methoxy groups -OCH3 is 5. The number of nitrogens with two attached hydrogens (primary N) is 1. The molecule has 0 saturated heterocycles. The van der Waals surface area contributed by atoms with Gasteiger partial charge in [-0.05, 0) is 49.3 Å². The van der Waals surface area contributed by atoms with Gasteiger partial charge in [0.05, 0.1) is 66.3 Å². The van der Waals surface area contributed by atoms with E-state index in [-0.39, 0.29) is 29.8 Å². The molecule has 10 N–H and O–H groups in total. The largest absolute Gasteiger partial charge is 0.480 e. The maximum absolute atomic E-state index is 10.5. The molecule has 0 spiro atoms. The molecule has 35 nitrogen and oxygen atoms in total. The average Bonchev–Trinajstić information content (AvgIpc) is 3.85. The molecule has 1 aliphatic rings. The fourth-order valence-corrected chi connectivity index (χ4v) is 4.15. The van der Waals surface area contributed by atoms with E-state index in [4.69, 9.17) is 25.2 Å². The molecule has 1 fully saturated rings. The summed E-state index contributed by atoms with van der Waals surface area (Å²) in [6.45, 7) is 7.49. The number of nitrogens with zero attached hydrogens (tertiary/aromatic N) is 10.